The van der Waals surface area contributed by atoms with Crippen LogP contribution < -0.4 is 10.6 Å². The summed E-state index contributed by atoms with van der Waals surface area (Å²) in [5.74, 6) is 3.14. The Labute approximate surface area is 191 Å². The minimum atomic E-state index is -0.300. The van der Waals surface area contributed by atoms with E-state index in [4.69, 9.17) is 0 Å². The summed E-state index contributed by atoms with van der Waals surface area (Å²) in [4.78, 5) is 18.8. The van der Waals surface area contributed by atoms with E-state index in [0.717, 1.165) is 69.2 Å². The van der Waals surface area contributed by atoms with Gasteiger partial charge in [0.05, 0.1) is 5.41 Å². The molecular weight excluding hydrogens is 481 g/mol. The number of aromatic nitrogens is 3. The van der Waals surface area contributed by atoms with Crippen molar-refractivity contribution < 1.29 is 4.79 Å². The highest BCUT2D eigenvalue weighted by molar-refractivity contribution is 14.0. The number of carbonyl (C=O) groups excluding carboxylic acids is 1. The zero-order valence-electron chi connectivity index (χ0n) is 18.0. The maximum Gasteiger partial charge on any atom is 0.230 e. The van der Waals surface area contributed by atoms with Crippen LogP contribution in [0.5, 0.6) is 0 Å². The third-order valence-corrected chi connectivity index (χ3v) is 6.07. The Bertz CT molecular complexity index is 695. The van der Waals surface area contributed by atoms with Crippen LogP contribution in [-0.2, 0) is 24.2 Å². The summed E-state index contributed by atoms with van der Waals surface area (Å²) in [5.41, 5.74) is -0.300. The topological polar surface area (TPSA) is 87.4 Å². The zero-order chi connectivity index (χ0) is 20.0. The Morgan fingerprint density at radius 1 is 1.14 bits per heavy atom. The van der Waals surface area contributed by atoms with Crippen molar-refractivity contribution in [1.29, 1.82) is 0 Å². The quantitative estimate of drug-likeness (QED) is 0.343. The molecule has 1 saturated carbocycles. The number of rotatable bonds is 6. The SMILES string of the molecule is CN=C(NCCc1nnc2n1CCCCC2)NCC1(C(=O)N(C)C)CCCC1.I. The number of hydrogen-bond acceptors (Lipinski definition) is 4. The second-order valence-corrected chi connectivity index (χ2v) is 8.28. The average Bonchev–Trinajstić information content (AvgIpc) is 3.25. The number of hydrogen-bond donors (Lipinski definition) is 2. The maximum atomic E-state index is 12.7. The van der Waals surface area contributed by atoms with E-state index < -0.39 is 0 Å². The molecular formula is C20H36IN7O. The molecule has 1 aromatic rings. The predicted molar refractivity (Wildman–Crippen MR) is 126 cm³/mol. The lowest BCUT2D eigenvalue weighted by atomic mass is 9.84. The standard InChI is InChI=1S/C20H35N7O.HI/c1-21-19(23-15-20(11-6-7-12-20)18(28)26(2)3)22-13-10-17-25-24-16-9-5-4-8-14-27(16)17;/h4-15H2,1-3H3,(H2,21,22,23);1H. The van der Waals surface area contributed by atoms with Gasteiger partial charge in [-0.15, -0.1) is 34.2 Å². The molecule has 29 heavy (non-hydrogen) atoms. The first-order chi connectivity index (χ1) is 13.6. The van der Waals surface area contributed by atoms with Crippen LogP contribution >= 0.6 is 24.0 Å². The number of aliphatic imine (C=N–C) groups is 1. The van der Waals surface area contributed by atoms with Crippen LogP contribution in [0.2, 0.25) is 0 Å². The maximum absolute atomic E-state index is 12.7. The highest BCUT2D eigenvalue weighted by atomic mass is 127. The molecule has 2 N–H and O–H groups in total. The van der Waals surface area contributed by atoms with Crippen molar-refractivity contribution in [2.75, 3.05) is 34.2 Å². The molecule has 9 heteroatoms. The van der Waals surface area contributed by atoms with E-state index in [-0.39, 0.29) is 35.3 Å². The predicted octanol–water partition coefficient (Wildman–Crippen LogP) is 1.98. The average molecular weight is 517 g/mol. The third-order valence-electron chi connectivity index (χ3n) is 6.07. The van der Waals surface area contributed by atoms with E-state index in [2.05, 4.69) is 30.4 Å². The summed E-state index contributed by atoms with van der Waals surface area (Å²) in [6.07, 6.45) is 9.65. The minimum Gasteiger partial charge on any atom is -0.356 e. The molecule has 1 aromatic heterocycles. The molecule has 1 aliphatic carbocycles. The van der Waals surface area contributed by atoms with Gasteiger partial charge >= 0.3 is 0 Å². The summed E-state index contributed by atoms with van der Waals surface area (Å²) < 4.78 is 2.29. The molecule has 1 fully saturated rings. The van der Waals surface area contributed by atoms with Crippen molar-refractivity contribution >= 4 is 35.8 Å². The third kappa shape index (κ3) is 5.82. The van der Waals surface area contributed by atoms with E-state index in [0.29, 0.717) is 6.54 Å². The summed E-state index contributed by atoms with van der Waals surface area (Å²) >= 11 is 0. The molecule has 0 spiro atoms. The Hall–Kier alpha value is -1.39. The normalized spacial score (nSPS) is 18.4. The van der Waals surface area contributed by atoms with E-state index in [1.54, 1.807) is 11.9 Å². The zero-order valence-corrected chi connectivity index (χ0v) is 20.4. The van der Waals surface area contributed by atoms with Crippen molar-refractivity contribution in [3.63, 3.8) is 0 Å². The molecule has 1 amide bonds. The number of aryl methyl sites for hydroxylation is 1. The van der Waals surface area contributed by atoms with Gasteiger partial charge in [-0.3, -0.25) is 9.79 Å². The van der Waals surface area contributed by atoms with Gasteiger partial charge in [0.2, 0.25) is 5.91 Å². The lowest BCUT2D eigenvalue weighted by molar-refractivity contribution is -0.138. The molecule has 1 aliphatic heterocycles. The Balaban J connectivity index is 0.00000300. The fourth-order valence-electron chi connectivity index (χ4n) is 4.49. The first-order valence-electron chi connectivity index (χ1n) is 10.6. The lowest BCUT2D eigenvalue weighted by Crippen LogP contribution is -2.49. The highest BCUT2D eigenvalue weighted by Gasteiger charge is 2.42. The van der Waals surface area contributed by atoms with Crippen LogP contribution in [0.3, 0.4) is 0 Å². The van der Waals surface area contributed by atoms with Gasteiger partial charge in [-0.05, 0) is 25.7 Å². The minimum absolute atomic E-state index is 0. The number of guanidine groups is 1. The Kier molecular flexibility index (Phi) is 9.16. The number of nitrogens with zero attached hydrogens (tertiary/aromatic N) is 5. The van der Waals surface area contributed by atoms with Crippen LogP contribution in [-0.4, -0.2) is 65.8 Å². The highest BCUT2D eigenvalue weighted by Crippen LogP contribution is 2.38. The first kappa shape index (κ1) is 23.9. The van der Waals surface area contributed by atoms with Gasteiger partial charge in [0, 0.05) is 53.6 Å². The first-order valence-corrected chi connectivity index (χ1v) is 10.6. The number of carbonyl (C=O) groups is 1. The molecule has 164 valence electrons. The van der Waals surface area contributed by atoms with Crippen LogP contribution in [0, 0.1) is 5.41 Å². The monoisotopic (exact) mass is 517 g/mol. The van der Waals surface area contributed by atoms with Crippen molar-refractivity contribution in [1.82, 2.24) is 30.3 Å². The van der Waals surface area contributed by atoms with Crippen molar-refractivity contribution in [3.8, 4) is 0 Å². The Morgan fingerprint density at radius 2 is 1.90 bits per heavy atom. The van der Waals surface area contributed by atoms with Gasteiger partial charge in [0.15, 0.2) is 5.96 Å². The molecule has 0 saturated heterocycles. The second-order valence-electron chi connectivity index (χ2n) is 8.28. The van der Waals surface area contributed by atoms with Gasteiger partial charge in [0.1, 0.15) is 11.6 Å². The molecule has 2 aliphatic rings. The molecule has 2 heterocycles. The molecule has 0 unspecified atom stereocenters. The molecule has 3 rings (SSSR count). The molecule has 0 bridgehead atoms. The number of amides is 1. The number of nitrogens with one attached hydrogen (secondary N) is 2. The van der Waals surface area contributed by atoms with Gasteiger partial charge in [-0.2, -0.15) is 0 Å². The summed E-state index contributed by atoms with van der Waals surface area (Å²) in [6, 6.07) is 0. The largest absolute Gasteiger partial charge is 0.356 e. The van der Waals surface area contributed by atoms with Crippen molar-refractivity contribution in [3.05, 3.63) is 11.6 Å². The molecule has 0 atom stereocenters. The van der Waals surface area contributed by atoms with Crippen molar-refractivity contribution in [2.45, 2.75) is 64.3 Å². The van der Waals surface area contributed by atoms with Crippen LogP contribution in [0.1, 0.15) is 56.6 Å². The van der Waals surface area contributed by atoms with E-state index in [1.165, 1.54) is 19.3 Å². The molecule has 8 nitrogen and oxygen atoms in total. The summed E-state index contributed by atoms with van der Waals surface area (Å²) in [7, 11) is 5.46. The van der Waals surface area contributed by atoms with E-state index >= 15 is 0 Å². The summed E-state index contributed by atoms with van der Waals surface area (Å²) in [5, 5.41) is 15.5. The molecule has 0 aromatic carbocycles. The van der Waals surface area contributed by atoms with Crippen molar-refractivity contribution in [2.24, 2.45) is 10.4 Å². The smallest absolute Gasteiger partial charge is 0.230 e. The summed E-state index contributed by atoms with van der Waals surface area (Å²) in [6.45, 7) is 2.40. The van der Waals surface area contributed by atoms with E-state index in [1.807, 2.05) is 14.1 Å². The van der Waals surface area contributed by atoms with Crippen LogP contribution in [0.25, 0.3) is 0 Å². The van der Waals surface area contributed by atoms with Gasteiger partial charge in [-0.1, -0.05) is 19.3 Å². The lowest BCUT2D eigenvalue weighted by Gasteiger charge is -2.31. The van der Waals surface area contributed by atoms with Gasteiger partial charge < -0.3 is 20.1 Å². The fourth-order valence-corrected chi connectivity index (χ4v) is 4.49. The van der Waals surface area contributed by atoms with Crippen LogP contribution in [0.15, 0.2) is 4.99 Å². The number of fused-ring (bicyclic) bond motifs is 1. The Morgan fingerprint density at radius 3 is 2.59 bits per heavy atom. The second kappa shape index (κ2) is 11.1. The molecule has 0 radical (unpaired) electrons. The fraction of sp³-hybridized carbons (Fsp3) is 0.800. The van der Waals surface area contributed by atoms with Crippen LogP contribution in [0.4, 0.5) is 0 Å². The number of halogens is 1. The van der Waals surface area contributed by atoms with Gasteiger partial charge in [0.25, 0.3) is 0 Å². The van der Waals surface area contributed by atoms with Gasteiger partial charge in [-0.25, -0.2) is 0 Å². The van der Waals surface area contributed by atoms with E-state index in [9.17, 15) is 4.79 Å².